The Morgan fingerprint density at radius 3 is 2.76 bits per heavy atom. The van der Waals surface area contributed by atoms with Gasteiger partial charge in [0.1, 0.15) is 6.61 Å². The Morgan fingerprint density at radius 1 is 1.24 bits per heavy atom. The number of ether oxygens (including phenoxy) is 1. The summed E-state index contributed by atoms with van der Waals surface area (Å²) in [5, 5.41) is 12.1. The van der Waals surface area contributed by atoms with E-state index in [1.165, 1.54) is 6.07 Å². The van der Waals surface area contributed by atoms with Crippen molar-refractivity contribution in [3.63, 3.8) is 0 Å². The van der Waals surface area contributed by atoms with E-state index in [2.05, 4.69) is 11.4 Å². The predicted octanol–water partition coefficient (Wildman–Crippen LogP) is 3.39. The lowest BCUT2D eigenvalue weighted by molar-refractivity contribution is 0.290. The number of nitrogens with one attached hydrogen (secondary N) is 1. The molecule has 21 heavy (non-hydrogen) atoms. The van der Waals surface area contributed by atoms with E-state index in [0.29, 0.717) is 12.1 Å². The van der Waals surface area contributed by atoms with Gasteiger partial charge in [0, 0.05) is 12.1 Å². The fraction of sp³-hybridized carbons (Fsp3) is 0.235. The highest BCUT2D eigenvalue weighted by Gasteiger charge is 2.07. The monoisotopic (exact) mass is 284 g/mol. The summed E-state index contributed by atoms with van der Waals surface area (Å²) in [7, 11) is 0. The zero-order valence-corrected chi connectivity index (χ0v) is 11.9. The Bertz CT molecular complexity index is 649. The SMILES string of the molecule is CCNCc1ccc(OCc2ccccc2C#N)c(F)c1. The lowest BCUT2D eigenvalue weighted by atomic mass is 10.1. The smallest absolute Gasteiger partial charge is 0.165 e. The molecule has 0 spiro atoms. The molecule has 0 fully saturated rings. The number of nitrogens with zero attached hydrogens (tertiary/aromatic N) is 1. The van der Waals surface area contributed by atoms with Crippen molar-refractivity contribution in [3.05, 3.63) is 65.0 Å². The van der Waals surface area contributed by atoms with Crippen molar-refractivity contribution in [3.8, 4) is 11.8 Å². The standard InChI is InChI=1S/C17H17FN2O/c1-2-20-11-13-7-8-17(16(18)9-13)21-12-15-6-4-3-5-14(15)10-19/h3-9,20H,2,11-12H2,1H3. The maximum absolute atomic E-state index is 13.9. The molecule has 3 nitrogen and oxygen atoms in total. The summed E-state index contributed by atoms with van der Waals surface area (Å²) in [5.74, 6) is -0.192. The molecule has 0 saturated heterocycles. The summed E-state index contributed by atoms with van der Waals surface area (Å²) in [4.78, 5) is 0. The van der Waals surface area contributed by atoms with Crippen LogP contribution in [0.3, 0.4) is 0 Å². The van der Waals surface area contributed by atoms with E-state index in [0.717, 1.165) is 17.7 Å². The number of nitriles is 1. The predicted molar refractivity (Wildman–Crippen MR) is 79.3 cm³/mol. The topological polar surface area (TPSA) is 45.0 Å². The van der Waals surface area contributed by atoms with E-state index >= 15 is 0 Å². The second-order valence-electron chi connectivity index (χ2n) is 4.60. The fourth-order valence-corrected chi connectivity index (χ4v) is 1.95. The van der Waals surface area contributed by atoms with Gasteiger partial charge in [0.25, 0.3) is 0 Å². The minimum atomic E-state index is -0.389. The molecule has 108 valence electrons. The van der Waals surface area contributed by atoms with Crippen molar-refractivity contribution >= 4 is 0 Å². The summed E-state index contributed by atoms with van der Waals surface area (Å²) in [6, 6.07) is 14.2. The minimum Gasteiger partial charge on any atom is -0.486 e. The first-order valence-electron chi connectivity index (χ1n) is 6.84. The van der Waals surface area contributed by atoms with Crippen LogP contribution in [-0.2, 0) is 13.2 Å². The largest absolute Gasteiger partial charge is 0.486 e. The van der Waals surface area contributed by atoms with Gasteiger partial charge in [-0.1, -0.05) is 31.2 Å². The Labute approximate surface area is 124 Å². The summed E-state index contributed by atoms with van der Waals surface area (Å²) in [5.41, 5.74) is 2.16. The van der Waals surface area contributed by atoms with Gasteiger partial charge in [-0.2, -0.15) is 5.26 Å². The zero-order valence-electron chi connectivity index (χ0n) is 11.9. The number of rotatable bonds is 6. The van der Waals surface area contributed by atoms with Gasteiger partial charge in [0.2, 0.25) is 0 Å². The van der Waals surface area contributed by atoms with Crippen molar-refractivity contribution < 1.29 is 9.13 Å². The second-order valence-corrected chi connectivity index (χ2v) is 4.60. The summed E-state index contributed by atoms with van der Waals surface area (Å²) in [6.07, 6.45) is 0. The molecule has 0 heterocycles. The maximum atomic E-state index is 13.9. The van der Waals surface area contributed by atoms with Crippen molar-refractivity contribution in [1.29, 1.82) is 5.26 Å². The van der Waals surface area contributed by atoms with Gasteiger partial charge >= 0.3 is 0 Å². The third kappa shape index (κ3) is 4.04. The van der Waals surface area contributed by atoms with Gasteiger partial charge in [-0.25, -0.2) is 4.39 Å². The molecule has 2 aromatic rings. The van der Waals surface area contributed by atoms with Crippen LogP contribution in [0.4, 0.5) is 4.39 Å². The van der Waals surface area contributed by atoms with E-state index in [4.69, 9.17) is 10.00 Å². The molecule has 0 aliphatic carbocycles. The third-order valence-corrected chi connectivity index (χ3v) is 3.10. The molecule has 0 amide bonds. The van der Waals surface area contributed by atoms with Gasteiger partial charge in [0.05, 0.1) is 11.6 Å². The highest BCUT2D eigenvalue weighted by Crippen LogP contribution is 2.20. The first kappa shape index (κ1) is 15.0. The van der Waals surface area contributed by atoms with E-state index < -0.39 is 0 Å². The highest BCUT2D eigenvalue weighted by atomic mass is 19.1. The first-order valence-corrected chi connectivity index (χ1v) is 6.84. The maximum Gasteiger partial charge on any atom is 0.165 e. The average Bonchev–Trinajstić information content (AvgIpc) is 2.52. The number of hydrogen-bond acceptors (Lipinski definition) is 3. The van der Waals surface area contributed by atoms with Crippen LogP contribution in [0.1, 0.15) is 23.6 Å². The average molecular weight is 284 g/mol. The van der Waals surface area contributed by atoms with Crippen LogP contribution < -0.4 is 10.1 Å². The van der Waals surface area contributed by atoms with Crippen LogP contribution in [0.5, 0.6) is 5.75 Å². The highest BCUT2D eigenvalue weighted by molar-refractivity contribution is 5.37. The second kappa shape index (κ2) is 7.41. The zero-order chi connectivity index (χ0) is 15.1. The molecule has 0 atom stereocenters. The van der Waals surface area contributed by atoms with Crippen LogP contribution in [0.2, 0.25) is 0 Å². The normalized spacial score (nSPS) is 10.1. The third-order valence-electron chi connectivity index (χ3n) is 3.10. The van der Waals surface area contributed by atoms with E-state index in [1.54, 1.807) is 24.3 Å². The van der Waals surface area contributed by atoms with Crippen LogP contribution in [0.25, 0.3) is 0 Å². The number of hydrogen-bond donors (Lipinski definition) is 1. The molecule has 0 bridgehead atoms. The molecular formula is C17H17FN2O. The van der Waals surface area contributed by atoms with Crippen molar-refractivity contribution in [2.75, 3.05) is 6.54 Å². The minimum absolute atomic E-state index is 0.174. The van der Waals surface area contributed by atoms with Crippen LogP contribution >= 0.6 is 0 Å². The van der Waals surface area contributed by atoms with E-state index in [9.17, 15) is 4.39 Å². The Balaban J connectivity index is 2.05. The lowest BCUT2D eigenvalue weighted by Gasteiger charge is -2.10. The molecule has 0 saturated carbocycles. The van der Waals surface area contributed by atoms with Crippen molar-refractivity contribution in [1.82, 2.24) is 5.32 Å². The molecule has 0 aliphatic rings. The molecule has 2 aromatic carbocycles. The molecule has 1 N–H and O–H groups in total. The summed E-state index contributed by atoms with van der Waals surface area (Å²) >= 11 is 0. The Hall–Kier alpha value is -2.38. The Kier molecular flexibility index (Phi) is 5.30. The molecule has 4 heteroatoms. The molecule has 0 radical (unpaired) electrons. The quantitative estimate of drug-likeness (QED) is 0.884. The van der Waals surface area contributed by atoms with Crippen molar-refractivity contribution in [2.45, 2.75) is 20.1 Å². The van der Waals surface area contributed by atoms with Gasteiger partial charge in [0.15, 0.2) is 11.6 Å². The summed E-state index contributed by atoms with van der Waals surface area (Å²) in [6.45, 7) is 3.64. The number of halogens is 1. The van der Waals surface area contributed by atoms with Crippen LogP contribution in [0.15, 0.2) is 42.5 Å². The van der Waals surface area contributed by atoms with Crippen molar-refractivity contribution in [2.24, 2.45) is 0 Å². The molecule has 0 aliphatic heterocycles. The van der Waals surface area contributed by atoms with Crippen LogP contribution in [-0.4, -0.2) is 6.54 Å². The number of benzene rings is 2. The molecular weight excluding hydrogens is 267 g/mol. The van der Waals surface area contributed by atoms with E-state index in [1.807, 2.05) is 19.1 Å². The lowest BCUT2D eigenvalue weighted by Crippen LogP contribution is -2.11. The molecule has 0 aromatic heterocycles. The van der Waals surface area contributed by atoms with Gasteiger partial charge in [-0.3, -0.25) is 0 Å². The molecule has 0 unspecified atom stereocenters. The van der Waals surface area contributed by atoms with Gasteiger partial charge in [-0.05, 0) is 30.3 Å². The molecule has 2 rings (SSSR count). The first-order chi connectivity index (χ1) is 10.2. The van der Waals surface area contributed by atoms with E-state index in [-0.39, 0.29) is 18.2 Å². The summed E-state index contributed by atoms with van der Waals surface area (Å²) < 4.78 is 19.4. The fourth-order valence-electron chi connectivity index (χ4n) is 1.95. The van der Waals surface area contributed by atoms with Gasteiger partial charge in [-0.15, -0.1) is 0 Å². The Morgan fingerprint density at radius 2 is 2.05 bits per heavy atom. The van der Waals surface area contributed by atoms with Crippen LogP contribution in [0, 0.1) is 17.1 Å². The van der Waals surface area contributed by atoms with Gasteiger partial charge < -0.3 is 10.1 Å².